The molecule has 0 aliphatic rings. The molecule has 0 amide bonds. The molecule has 2 N–H and O–H groups in total. The van der Waals surface area contributed by atoms with E-state index in [-0.39, 0.29) is 5.72 Å². The summed E-state index contributed by atoms with van der Waals surface area (Å²) < 4.78 is 1.42. The monoisotopic (exact) mass is 141 g/mol. The van der Waals surface area contributed by atoms with Crippen molar-refractivity contribution in [3.63, 3.8) is 0 Å². The third-order valence-electron chi connectivity index (χ3n) is 1.18. The molecule has 6 heteroatoms. The highest BCUT2D eigenvalue weighted by atomic mass is 16.4. The first-order chi connectivity index (χ1) is 4.75. The van der Waals surface area contributed by atoms with Crippen molar-refractivity contribution in [3.8, 4) is 0 Å². The summed E-state index contributed by atoms with van der Waals surface area (Å²) in [4.78, 5) is 3.64. The standard InChI is InChI=1S/C4H8BN3O2/c1-2-8-4(5(9)10)6-3-7-8/h3,9-10H,2H2,1H3. The quantitative estimate of drug-likeness (QED) is 0.466. The van der Waals surface area contributed by atoms with Gasteiger partial charge in [-0.2, -0.15) is 5.10 Å². The van der Waals surface area contributed by atoms with E-state index in [9.17, 15) is 0 Å². The van der Waals surface area contributed by atoms with Crippen LogP contribution in [0.25, 0.3) is 0 Å². The second-order valence-corrected chi connectivity index (χ2v) is 1.81. The van der Waals surface area contributed by atoms with Gasteiger partial charge in [0.1, 0.15) is 6.33 Å². The molecule has 0 spiro atoms. The molecule has 0 saturated heterocycles. The third-order valence-corrected chi connectivity index (χ3v) is 1.18. The Bertz CT molecular complexity index is 212. The number of nitrogens with zero attached hydrogens (tertiary/aromatic N) is 3. The predicted molar refractivity (Wildman–Crippen MR) is 35.5 cm³/mol. The van der Waals surface area contributed by atoms with Gasteiger partial charge in [-0.15, -0.1) is 0 Å². The lowest BCUT2D eigenvalue weighted by atomic mass is 9.91. The number of hydrogen-bond acceptors (Lipinski definition) is 4. The van der Waals surface area contributed by atoms with Crippen LogP contribution in [0, 0.1) is 0 Å². The summed E-state index contributed by atoms with van der Waals surface area (Å²) in [5.41, 5.74) is 0.183. The van der Waals surface area contributed by atoms with E-state index < -0.39 is 7.12 Å². The molecule has 1 aromatic rings. The average Bonchev–Trinajstić information content (AvgIpc) is 2.33. The molecule has 54 valence electrons. The van der Waals surface area contributed by atoms with Gasteiger partial charge in [-0.05, 0) is 6.92 Å². The van der Waals surface area contributed by atoms with E-state index in [0.717, 1.165) is 0 Å². The number of rotatable bonds is 2. The molecule has 0 aromatic carbocycles. The van der Waals surface area contributed by atoms with Crippen LogP contribution in [0.2, 0.25) is 0 Å². The Morgan fingerprint density at radius 1 is 1.70 bits per heavy atom. The van der Waals surface area contributed by atoms with Gasteiger partial charge in [0.15, 0.2) is 5.72 Å². The molecular formula is C4H8BN3O2. The van der Waals surface area contributed by atoms with Gasteiger partial charge in [0.05, 0.1) is 0 Å². The van der Waals surface area contributed by atoms with Gasteiger partial charge in [-0.1, -0.05) is 0 Å². The predicted octanol–water partition coefficient (Wildman–Crippen LogP) is -2.02. The minimum atomic E-state index is -1.53. The van der Waals surface area contributed by atoms with Crippen LogP contribution in [0.15, 0.2) is 6.33 Å². The molecule has 0 saturated carbocycles. The van der Waals surface area contributed by atoms with Crippen molar-refractivity contribution in [2.24, 2.45) is 0 Å². The maximum Gasteiger partial charge on any atom is 0.527 e. The molecule has 0 fully saturated rings. The Morgan fingerprint density at radius 3 is 2.80 bits per heavy atom. The molecule has 0 aliphatic carbocycles. The van der Waals surface area contributed by atoms with E-state index in [4.69, 9.17) is 10.0 Å². The lowest BCUT2D eigenvalue weighted by Gasteiger charge is -1.98. The smallest absolute Gasteiger partial charge is 0.421 e. The first-order valence-corrected chi connectivity index (χ1v) is 2.99. The molecule has 0 bridgehead atoms. The van der Waals surface area contributed by atoms with Gasteiger partial charge in [0.25, 0.3) is 0 Å². The van der Waals surface area contributed by atoms with Crippen molar-refractivity contribution in [3.05, 3.63) is 6.33 Å². The normalized spacial score (nSPS) is 9.90. The zero-order valence-corrected chi connectivity index (χ0v) is 5.60. The number of aromatic nitrogens is 3. The van der Waals surface area contributed by atoms with Crippen LogP contribution in [0.3, 0.4) is 0 Å². The highest BCUT2D eigenvalue weighted by Gasteiger charge is 2.17. The van der Waals surface area contributed by atoms with Gasteiger partial charge in [0, 0.05) is 6.54 Å². The van der Waals surface area contributed by atoms with E-state index in [1.165, 1.54) is 11.0 Å². The highest BCUT2D eigenvalue weighted by Crippen LogP contribution is 1.77. The van der Waals surface area contributed by atoms with Crippen molar-refractivity contribution in [2.45, 2.75) is 13.5 Å². The van der Waals surface area contributed by atoms with Crippen LogP contribution < -0.4 is 5.72 Å². The van der Waals surface area contributed by atoms with Crippen LogP contribution >= 0.6 is 0 Å². The van der Waals surface area contributed by atoms with Crippen LogP contribution in [0.1, 0.15) is 6.92 Å². The van der Waals surface area contributed by atoms with Crippen molar-refractivity contribution < 1.29 is 10.0 Å². The van der Waals surface area contributed by atoms with E-state index >= 15 is 0 Å². The maximum atomic E-state index is 8.66. The number of aryl methyl sites for hydroxylation is 1. The van der Waals surface area contributed by atoms with Crippen LogP contribution in [-0.4, -0.2) is 31.9 Å². The SMILES string of the molecule is CCn1ncnc1B(O)O. The molecule has 0 unspecified atom stereocenters. The molecule has 1 rings (SSSR count). The van der Waals surface area contributed by atoms with Crippen molar-refractivity contribution >= 4 is 12.8 Å². The minimum Gasteiger partial charge on any atom is -0.421 e. The van der Waals surface area contributed by atoms with Gasteiger partial charge >= 0.3 is 7.12 Å². The molecule has 1 heterocycles. The fourth-order valence-corrected chi connectivity index (χ4v) is 0.717. The second kappa shape index (κ2) is 2.81. The summed E-state index contributed by atoms with van der Waals surface area (Å²) in [5.74, 6) is 0. The summed E-state index contributed by atoms with van der Waals surface area (Å²) in [5, 5.41) is 21.1. The molecule has 0 atom stereocenters. The summed E-state index contributed by atoms with van der Waals surface area (Å²) in [6.07, 6.45) is 1.29. The van der Waals surface area contributed by atoms with E-state index in [0.29, 0.717) is 6.54 Å². The molecule has 0 radical (unpaired) electrons. The fourth-order valence-electron chi connectivity index (χ4n) is 0.717. The van der Waals surface area contributed by atoms with E-state index in [1.54, 1.807) is 0 Å². The fraction of sp³-hybridized carbons (Fsp3) is 0.500. The molecule has 10 heavy (non-hydrogen) atoms. The summed E-state index contributed by atoms with van der Waals surface area (Å²) >= 11 is 0. The first kappa shape index (κ1) is 7.23. The minimum absolute atomic E-state index is 0.183. The Morgan fingerprint density at radius 2 is 2.40 bits per heavy atom. The first-order valence-electron chi connectivity index (χ1n) is 2.99. The van der Waals surface area contributed by atoms with E-state index in [2.05, 4.69) is 10.1 Å². The Kier molecular flexibility index (Phi) is 2.03. The largest absolute Gasteiger partial charge is 0.527 e. The van der Waals surface area contributed by atoms with Gasteiger partial charge < -0.3 is 10.0 Å². The Balaban J connectivity index is 2.90. The van der Waals surface area contributed by atoms with Crippen LogP contribution in [0.4, 0.5) is 0 Å². The summed E-state index contributed by atoms with van der Waals surface area (Å²) in [6.45, 7) is 2.44. The topological polar surface area (TPSA) is 71.2 Å². The third kappa shape index (κ3) is 1.17. The average molecular weight is 141 g/mol. The molecular weight excluding hydrogens is 133 g/mol. The van der Waals surface area contributed by atoms with Gasteiger partial charge in [-0.3, -0.25) is 4.68 Å². The molecule has 1 aromatic heterocycles. The highest BCUT2D eigenvalue weighted by molar-refractivity contribution is 6.56. The van der Waals surface area contributed by atoms with Crippen molar-refractivity contribution in [2.75, 3.05) is 0 Å². The van der Waals surface area contributed by atoms with Crippen LogP contribution in [-0.2, 0) is 6.54 Å². The van der Waals surface area contributed by atoms with Crippen LogP contribution in [0.5, 0.6) is 0 Å². The lowest BCUT2D eigenvalue weighted by molar-refractivity contribution is 0.418. The zero-order valence-electron chi connectivity index (χ0n) is 5.60. The molecule has 0 aliphatic heterocycles. The van der Waals surface area contributed by atoms with Gasteiger partial charge in [-0.25, -0.2) is 4.98 Å². The molecule has 5 nitrogen and oxygen atoms in total. The zero-order chi connectivity index (χ0) is 7.56. The summed E-state index contributed by atoms with van der Waals surface area (Å²) in [7, 11) is -1.53. The van der Waals surface area contributed by atoms with Crippen molar-refractivity contribution in [1.29, 1.82) is 0 Å². The summed E-state index contributed by atoms with van der Waals surface area (Å²) in [6, 6.07) is 0. The Hall–Kier alpha value is -0.875. The second-order valence-electron chi connectivity index (χ2n) is 1.81. The Labute approximate surface area is 58.5 Å². The maximum absolute atomic E-state index is 8.66. The lowest BCUT2D eigenvalue weighted by Crippen LogP contribution is -2.38. The number of hydrogen-bond donors (Lipinski definition) is 2. The van der Waals surface area contributed by atoms with Crippen molar-refractivity contribution in [1.82, 2.24) is 14.8 Å². The van der Waals surface area contributed by atoms with E-state index in [1.807, 2.05) is 6.92 Å². The van der Waals surface area contributed by atoms with Gasteiger partial charge in [0.2, 0.25) is 0 Å².